The molecule has 2 amide bonds. The van der Waals surface area contributed by atoms with Gasteiger partial charge in [-0.3, -0.25) is 9.59 Å². The Bertz CT molecular complexity index is 1170. The second-order valence-corrected chi connectivity index (χ2v) is 8.51. The normalized spacial score (nSPS) is 24.0. The molecule has 2 fully saturated rings. The zero-order valence-corrected chi connectivity index (χ0v) is 17.7. The Kier molecular flexibility index (Phi) is 4.89. The van der Waals surface area contributed by atoms with Crippen LogP contribution < -0.4 is 9.67 Å². The molecule has 2 saturated heterocycles. The molecule has 0 aliphatic carbocycles. The molecule has 7 nitrogen and oxygen atoms in total. The highest BCUT2D eigenvalue weighted by atomic mass is 16.4. The minimum Gasteiger partial charge on any atom is -0.543 e. The number of benzene rings is 1. The summed E-state index contributed by atoms with van der Waals surface area (Å²) < 4.78 is 2.08. The van der Waals surface area contributed by atoms with E-state index < -0.39 is 12.0 Å². The van der Waals surface area contributed by atoms with Gasteiger partial charge in [-0.15, -0.1) is 0 Å². The smallest absolute Gasteiger partial charge is 0.252 e. The van der Waals surface area contributed by atoms with Gasteiger partial charge in [-0.2, -0.15) is 4.57 Å². The molecule has 3 atom stereocenters. The number of likely N-dealkylation sites (tertiary alicyclic amines) is 1. The van der Waals surface area contributed by atoms with Crippen molar-refractivity contribution in [2.75, 3.05) is 6.54 Å². The summed E-state index contributed by atoms with van der Waals surface area (Å²) >= 11 is 0. The van der Waals surface area contributed by atoms with Crippen molar-refractivity contribution in [2.24, 2.45) is 5.92 Å². The summed E-state index contributed by atoms with van der Waals surface area (Å²) in [7, 11) is 0. The summed E-state index contributed by atoms with van der Waals surface area (Å²) in [6, 6.07) is 15.1. The SMILES string of the molecule is CC(=O)N1C[C@H]2CC(/C=C/c3cccc[n+]3Cc3ccccc3)=C(C(=O)[O-])N3C(=O)[C@@H]1[C@@H]23. The predicted molar refractivity (Wildman–Crippen MR) is 113 cm³/mol. The summed E-state index contributed by atoms with van der Waals surface area (Å²) in [6.45, 7) is 2.59. The maximum Gasteiger partial charge on any atom is 0.252 e. The first-order chi connectivity index (χ1) is 15.5. The first-order valence-electron chi connectivity index (χ1n) is 10.7. The number of aromatic nitrogens is 1. The summed E-state index contributed by atoms with van der Waals surface area (Å²) in [4.78, 5) is 39.6. The Morgan fingerprint density at radius 3 is 2.59 bits per heavy atom. The number of rotatable bonds is 5. The van der Waals surface area contributed by atoms with Gasteiger partial charge in [0.2, 0.25) is 11.6 Å². The number of amides is 2. The summed E-state index contributed by atoms with van der Waals surface area (Å²) in [5, 5.41) is 12.0. The summed E-state index contributed by atoms with van der Waals surface area (Å²) in [5.74, 6) is -1.83. The molecule has 0 unspecified atom stereocenters. The number of β-lactam (4-membered cyclic amide) rings is 1. The van der Waals surface area contributed by atoms with Crippen LogP contribution in [0, 0.1) is 5.92 Å². The van der Waals surface area contributed by atoms with E-state index in [2.05, 4.69) is 16.7 Å². The lowest BCUT2D eigenvalue weighted by Crippen LogP contribution is -2.69. The number of nitrogens with zero attached hydrogens (tertiary/aromatic N) is 3. The molecule has 4 heterocycles. The number of allylic oxidation sites excluding steroid dienone is 2. The van der Waals surface area contributed by atoms with Crippen LogP contribution in [0.3, 0.4) is 0 Å². The molecule has 2 aromatic rings. The van der Waals surface area contributed by atoms with Crippen LogP contribution in [0.4, 0.5) is 0 Å². The van der Waals surface area contributed by atoms with Gasteiger partial charge in [0, 0.05) is 43.2 Å². The minimum atomic E-state index is -1.36. The molecule has 0 saturated carbocycles. The van der Waals surface area contributed by atoms with Crippen molar-refractivity contribution in [2.45, 2.75) is 32.0 Å². The zero-order chi connectivity index (χ0) is 22.4. The fourth-order valence-electron chi connectivity index (χ4n) is 5.19. The van der Waals surface area contributed by atoms with E-state index in [0.717, 1.165) is 11.3 Å². The van der Waals surface area contributed by atoms with E-state index in [1.807, 2.05) is 48.7 Å². The standard InChI is InChI=1S/C25H23N3O4/c1-16(29)27-15-19-13-18(22(25(31)32)28-21(19)23(27)24(28)30)10-11-20-9-5-6-12-26(20)14-17-7-3-2-4-8-17/h2-12,19,21,23H,13-15H2,1H3/t19-,21-,23+/m1/s1. The third-order valence-electron chi connectivity index (χ3n) is 6.61. The third kappa shape index (κ3) is 3.21. The van der Waals surface area contributed by atoms with Gasteiger partial charge in [0.25, 0.3) is 5.91 Å². The van der Waals surface area contributed by atoms with Crippen molar-refractivity contribution in [3.63, 3.8) is 0 Å². The molecule has 5 rings (SSSR count). The van der Waals surface area contributed by atoms with Crippen molar-refractivity contribution < 1.29 is 24.1 Å². The highest BCUT2D eigenvalue weighted by Crippen LogP contribution is 2.47. The molecule has 0 radical (unpaired) electrons. The minimum absolute atomic E-state index is 0.0246. The monoisotopic (exact) mass is 429 g/mol. The lowest BCUT2D eigenvalue weighted by atomic mass is 9.79. The highest BCUT2D eigenvalue weighted by molar-refractivity contribution is 6.02. The molecule has 1 aromatic heterocycles. The van der Waals surface area contributed by atoms with Crippen LogP contribution in [0.25, 0.3) is 6.08 Å². The Balaban J connectivity index is 1.47. The number of hydrogen-bond donors (Lipinski definition) is 0. The molecule has 0 N–H and O–H groups in total. The van der Waals surface area contributed by atoms with Crippen LogP contribution in [0.2, 0.25) is 0 Å². The van der Waals surface area contributed by atoms with Crippen molar-refractivity contribution in [3.8, 4) is 0 Å². The van der Waals surface area contributed by atoms with Crippen LogP contribution in [0.1, 0.15) is 24.6 Å². The van der Waals surface area contributed by atoms with E-state index in [-0.39, 0.29) is 29.5 Å². The number of aliphatic carboxylic acids is 1. The maximum atomic E-state index is 12.7. The molecule has 1 aromatic carbocycles. The van der Waals surface area contributed by atoms with Crippen LogP contribution >= 0.6 is 0 Å². The van der Waals surface area contributed by atoms with Gasteiger partial charge in [0.1, 0.15) is 6.04 Å². The van der Waals surface area contributed by atoms with Gasteiger partial charge in [0.15, 0.2) is 12.7 Å². The van der Waals surface area contributed by atoms with E-state index in [0.29, 0.717) is 25.1 Å². The lowest BCUT2D eigenvalue weighted by molar-refractivity contribution is -0.690. The maximum absolute atomic E-state index is 12.7. The predicted octanol–water partition coefficient (Wildman–Crippen LogP) is 0.501. The molecule has 3 aliphatic rings. The number of carbonyl (C=O) groups excluding carboxylic acids is 3. The molecular weight excluding hydrogens is 406 g/mol. The Hall–Kier alpha value is -3.74. The molecule has 0 spiro atoms. The van der Waals surface area contributed by atoms with Crippen LogP contribution in [-0.2, 0) is 20.9 Å². The van der Waals surface area contributed by atoms with E-state index in [1.165, 1.54) is 11.8 Å². The van der Waals surface area contributed by atoms with Crippen molar-refractivity contribution >= 4 is 23.9 Å². The zero-order valence-electron chi connectivity index (χ0n) is 17.7. The molecular formula is C25H23N3O4. The number of carbonyl (C=O) groups is 3. The van der Waals surface area contributed by atoms with E-state index >= 15 is 0 Å². The average Bonchev–Trinajstić information content (AvgIpc) is 3.15. The largest absolute Gasteiger partial charge is 0.543 e. The van der Waals surface area contributed by atoms with E-state index in [9.17, 15) is 19.5 Å². The lowest BCUT2D eigenvalue weighted by Gasteiger charge is -2.50. The molecule has 32 heavy (non-hydrogen) atoms. The van der Waals surface area contributed by atoms with Crippen LogP contribution in [0.15, 0.2) is 72.1 Å². The van der Waals surface area contributed by atoms with Gasteiger partial charge in [-0.05, 0) is 18.1 Å². The quantitative estimate of drug-likeness (QED) is 0.512. The van der Waals surface area contributed by atoms with E-state index in [1.54, 1.807) is 11.0 Å². The second kappa shape index (κ2) is 7.75. The second-order valence-electron chi connectivity index (χ2n) is 8.51. The Labute approximate surface area is 185 Å². The molecule has 3 aliphatic heterocycles. The fourth-order valence-corrected chi connectivity index (χ4v) is 5.19. The number of pyridine rings is 1. The van der Waals surface area contributed by atoms with Crippen molar-refractivity contribution in [3.05, 3.63) is 83.3 Å². The van der Waals surface area contributed by atoms with Crippen LogP contribution in [0.5, 0.6) is 0 Å². The Morgan fingerprint density at radius 1 is 1.12 bits per heavy atom. The number of carboxylic acids is 1. The van der Waals surface area contributed by atoms with Gasteiger partial charge in [-0.25, -0.2) is 0 Å². The van der Waals surface area contributed by atoms with Gasteiger partial charge < -0.3 is 19.7 Å². The first kappa shape index (κ1) is 20.2. The average molecular weight is 429 g/mol. The van der Waals surface area contributed by atoms with Gasteiger partial charge >= 0.3 is 0 Å². The van der Waals surface area contributed by atoms with Crippen LogP contribution in [-0.4, -0.2) is 46.2 Å². The van der Waals surface area contributed by atoms with Crippen molar-refractivity contribution in [1.82, 2.24) is 9.80 Å². The third-order valence-corrected chi connectivity index (χ3v) is 6.61. The van der Waals surface area contributed by atoms with Gasteiger partial charge in [-0.1, -0.05) is 36.4 Å². The first-order valence-corrected chi connectivity index (χ1v) is 10.7. The highest BCUT2D eigenvalue weighted by Gasteiger charge is 2.62. The Morgan fingerprint density at radius 2 is 1.88 bits per heavy atom. The summed E-state index contributed by atoms with van der Waals surface area (Å²) in [6.07, 6.45) is 6.11. The van der Waals surface area contributed by atoms with Crippen molar-refractivity contribution in [1.29, 1.82) is 0 Å². The van der Waals surface area contributed by atoms with Gasteiger partial charge in [0.05, 0.1) is 17.7 Å². The topological polar surface area (TPSA) is 84.6 Å². The molecule has 162 valence electrons. The van der Waals surface area contributed by atoms with E-state index in [4.69, 9.17) is 0 Å². The molecule has 0 bridgehead atoms. The number of carboxylic acid groups (broad SMARTS) is 1. The fraction of sp³-hybridized carbons (Fsp3) is 0.280. The summed E-state index contributed by atoms with van der Waals surface area (Å²) in [5.41, 5.74) is 2.55. The number of hydrogen-bond acceptors (Lipinski definition) is 4. The molecule has 7 heteroatoms.